The van der Waals surface area contributed by atoms with E-state index in [0.717, 1.165) is 0 Å². The van der Waals surface area contributed by atoms with Gasteiger partial charge < -0.3 is 9.73 Å². The van der Waals surface area contributed by atoms with E-state index < -0.39 is 10.8 Å². The number of carbonyl (C=O) groups is 1. The molecule has 0 spiro atoms. The molecular formula is C20H16N6O5. The first-order chi connectivity index (χ1) is 14.8. The van der Waals surface area contributed by atoms with E-state index >= 15 is 0 Å². The molecule has 1 amide bonds. The lowest BCUT2D eigenvalue weighted by Crippen LogP contribution is -2.19. The molecule has 3 heterocycles. The van der Waals surface area contributed by atoms with Gasteiger partial charge in [-0.15, -0.1) is 0 Å². The van der Waals surface area contributed by atoms with Gasteiger partial charge in [0.05, 0.1) is 11.2 Å². The summed E-state index contributed by atoms with van der Waals surface area (Å²) in [5, 5.41) is 18.3. The minimum atomic E-state index is -0.580. The number of nitro benzene ring substituents is 1. The third-order valence-corrected chi connectivity index (χ3v) is 4.53. The molecule has 3 aromatic heterocycles. The van der Waals surface area contributed by atoms with Gasteiger partial charge in [0.2, 0.25) is 5.95 Å². The normalized spacial score (nSPS) is 10.8. The van der Waals surface area contributed by atoms with Gasteiger partial charge in [-0.2, -0.15) is 9.78 Å². The van der Waals surface area contributed by atoms with Crippen molar-refractivity contribution in [2.45, 2.75) is 13.8 Å². The van der Waals surface area contributed by atoms with Crippen molar-refractivity contribution < 1.29 is 14.1 Å². The number of benzene rings is 1. The number of hydrogen-bond donors (Lipinski definition) is 2. The summed E-state index contributed by atoms with van der Waals surface area (Å²) >= 11 is 0. The van der Waals surface area contributed by atoms with Crippen molar-refractivity contribution >= 4 is 17.4 Å². The van der Waals surface area contributed by atoms with E-state index in [-0.39, 0.29) is 34.1 Å². The third kappa shape index (κ3) is 3.83. The predicted octanol–water partition coefficient (Wildman–Crippen LogP) is 2.99. The minimum Gasteiger partial charge on any atom is -0.463 e. The van der Waals surface area contributed by atoms with Crippen LogP contribution in [0.3, 0.4) is 0 Å². The smallest absolute Gasteiger partial charge is 0.273 e. The van der Waals surface area contributed by atoms with E-state index in [1.165, 1.54) is 42.1 Å². The van der Waals surface area contributed by atoms with Gasteiger partial charge in [0.15, 0.2) is 5.76 Å². The van der Waals surface area contributed by atoms with Gasteiger partial charge >= 0.3 is 0 Å². The maximum Gasteiger partial charge on any atom is 0.273 e. The highest BCUT2D eigenvalue weighted by atomic mass is 16.6. The van der Waals surface area contributed by atoms with E-state index in [1.54, 1.807) is 25.1 Å². The zero-order valence-electron chi connectivity index (χ0n) is 16.4. The van der Waals surface area contributed by atoms with Crippen LogP contribution in [0.15, 0.2) is 57.9 Å². The van der Waals surface area contributed by atoms with Crippen LogP contribution in [-0.2, 0) is 0 Å². The number of nitrogens with one attached hydrogen (secondary N) is 2. The standard InChI is InChI=1S/C20H16N6O5/c1-11-9-18(27)23-20(21-11)25-17(10-14(24-25)16-7-4-8-31-16)22-19(28)13-5-3-6-15(12(13)2)26(29)30/h3-10H,1-2H3,(H,22,28)(H,21,23,27). The largest absolute Gasteiger partial charge is 0.463 e. The Bertz CT molecular complexity index is 1350. The van der Waals surface area contributed by atoms with Crippen molar-refractivity contribution in [2.75, 3.05) is 5.32 Å². The summed E-state index contributed by atoms with van der Waals surface area (Å²) in [6, 6.07) is 10.5. The molecule has 0 unspecified atom stereocenters. The number of hydrogen-bond acceptors (Lipinski definition) is 7. The van der Waals surface area contributed by atoms with Crippen molar-refractivity contribution in [3.8, 4) is 17.4 Å². The fourth-order valence-electron chi connectivity index (χ4n) is 3.09. The molecule has 0 aliphatic heterocycles. The molecular weight excluding hydrogens is 404 g/mol. The van der Waals surface area contributed by atoms with Crippen LogP contribution in [0.4, 0.5) is 11.5 Å². The first kappa shape index (κ1) is 19.8. The number of aromatic nitrogens is 4. The van der Waals surface area contributed by atoms with E-state index in [4.69, 9.17) is 4.42 Å². The number of nitro groups is 1. The number of aromatic amines is 1. The summed E-state index contributed by atoms with van der Waals surface area (Å²) < 4.78 is 6.63. The van der Waals surface area contributed by atoms with Gasteiger partial charge in [-0.25, -0.2) is 4.98 Å². The van der Waals surface area contributed by atoms with Crippen molar-refractivity contribution in [2.24, 2.45) is 0 Å². The topological polar surface area (TPSA) is 149 Å². The van der Waals surface area contributed by atoms with Crippen LogP contribution in [0.25, 0.3) is 17.4 Å². The molecule has 31 heavy (non-hydrogen) atoms. The molecule has 0 radical (unpaired) electrons. The summed E-state index contributed by atoms with van der Waals surface area (Å²) in [6.45, 7) is 3.15. The van der Waals surface area contributed by atoms with Crippen LogP contribution >= 0.6 is 0 Å². The van der Waals surface area contributed by atoms with Crippen molar-refractivity contribution in [3.05, 3.63) is 86.0 Å². The Labute approximate surface area is 174 Å². The summed E-state index contributed by atoms with van der Waals surface area (Å²) in [7, 11) is 0. The number of anilines is 1. The minimum absolute atomic E-state index is 0.0915. The lowest BCUT2D eigenvalue weighted by atomic mass is 10.1. The first-order valence-electron chi connectivity index (χ1n) is 9.11. The molecule has 1 aromatic carbocycles. The average Bonchev–Trinajstić information content (AvgIpc) is 3.37. The van der Waals surface area contributed by atoms with Crippen molar-refractivity contribution in [1.29, 1.82) is 0 Å². The number of nitrogens with zero attached hydrogens (tertiary/aromatic N) is 4. The highest BCUT2D eigenvalue weighted by Gasteiger charge is 2.21. The van der Waals surface area contributed by atoms with Gasteiger partial charge in [0.1, 0.15) is 11.5 Å². The molecule has 0 saturated carbocycles. The van der Waals surface area contributed by atoms with Crippen LogP contribution in [0.5, 0.6) is 0 Å². The average molecular weight is 420 g/mol. The van der Waals surface area contributed by atoms with E-state index in [0.29, 0.717) is 17.1 Å². The van der Waals surface area contributed by atoms with E-state index in [2.05, 4.69) is 20.4 Å². The number of H-pyrrole nitrogens is 1. The van der Waals surface area contributed by atoms with Gasteiger partial charge in [-0.05, 0) is 32.0 Å². The Morgan fingerprint density at radius 3 is 2.71 bits per heavy atom. The van der Waals surface area contributed by atoms with Crippen LogP contribution < -0.4 is 10.9 Å². The second kappa shape index (κ2) is 7.71. The molecule has 0 atom stereocenters. The molecule has 0 aliphatic rings. The predicted molar refractivity (Wildman–Crippen MR) is 110 cm³/mol. The molecule has 0 saturated heterocycles. The van der Waals surface area contributed by atoms with Gasteiger partial charge in [-0.1, -0.05) is 6.07 Å². The lowest BCUT2D eigenvalue weighted by molar-refractivity contribution is -0.385. The molecule has 0 fully saturated rings. The third-order valence-electron chi connectivity index (χ3n) is 4.53. The quantitative estimate of drug-likeness (QED) is 0.372. The molecule has 2 N–H and O–H groups in total. The van der Waals surface area contributed by atoms with Crippen LogP contribution in [0.2, 0.25) is 0 Å². The molecule has 156 valence electrons. The van der Waals surface area contributed by atoms with Crippen LogP contribution in [-0.4, -0.2) is 30.6 Å². The van der Waals surface area contributed by atoms with E-state index in [1.807, 2.05) is 0 Å². The maximum atomic E-state index is 12.9. The number of carbonyl (C=O) groups excluding carboxylic acids is 1. The zero-order valence-corrected chi connectivity index (χ0v) is 16.4. The summed E-state index contributed by atoms with van der Waals surface area (Å²) in [5.41, 5.74) is 0.656. The van der Waals surface area contributed by atoms with Crippen LogP contribution in [0.1, 0.15) is 21.6 Å². The van der Waals surface area contributed by atoms with Crippen molar-refractivity contribution in [1.82, 2.24) is 19.7 Å². The maximum absolute atomic E-state index is 12.9. The lowest BCUT2D eigenvalue weighted by Gasteiger charge is -2.10. The summed E-state index contributed by atoms with van der Waals surface area (Å²) in [4.78, 5) is 42.3. The Morgan fingerprint density at radius 1 is 1.23 bits per heavy atom. The fourth-order valence-corrected chi connectivity index (χ4v) is 3.09. The Balaban J connectivity index is 1.79. The second-order valence-electron chi connectivity index (χ2n) is 6.68. The van der Waals surface area contributed by atoms with E-state index in [9.17, 15) is 19.7 Å². The summed E-state index contributed by atoms with van der Waals surface area (Å²) in [6.07, 6.45) is 1.48. The number of rotatable bonds is 5. The molecule has 4 aromatic rings. The highest BCUT2D eigenvalue weighted by molar-refractivity contribution is 6.05. The SMILES string of the molecule is Cc1cc(=O)[nH]c(-n2nc(-c3ccco3)cc2NC(=O)c2cccc([N+](=O)[O-])c2C)n1. The number of aryl methyl sites for hydroxylation is 1. The Hall–Kier alpha value is -4.54. The Kier molecular flexibility index (Phi) is 4.91. The molecule has 4 rings (SSSR count). The Morgan fingerprint density at radius 2 is 2.03 bits per heavy atom. The first-order valence-corrected chi connectivity index (χ1v) is 9.11. The molecule has 0 aliphatic carbocycles. The summed E-state index contributed by atoms with van der Waals surface area (Å²) in [5.74, 6) is 0.143. The molecule has 11 heteroatoms. The zero-order chi connectivity index (χ0) is 22.1. The number of amides is 1. The van der Waals surface area contributed by atoms with Crippen molar-refractivity contribution in [3.63, 3.8) is 0 Å². The van der Waals surface area contributed by atoms with Crippen LogP contribution in [0, 0.1) is 24.0 Å². The van der Waals surface area contributed by atoms with Gasteiger partial charge in [-0.3, -0.25) is 24.7 Å². The number of furan rings is 1. The molecule has 0 bridgehead atoms. The molecule has 11 nitrogen and oxygen atoms in total. The monoisotopic (exact) mass is 420 g/mol. The highest BCUT2D eigenvalue weighted by Crippen LogP contribution is 2.26. The fraction of sp³-hybridized carbons (Fsp3) is 0.100. The second-order valence-corrected chi connectivity index (χ2v) is 6.68. The van der Waals surface area contributed by atoms with Gasteiger partial charge in [0, 0.05) is 35.0 Å². The van der Waals surface area contributed by atoms with Gasteiger partial charge in [0.25, 0.3) is 17.2 Å².